The molecule has 7 heteroatoms. The molecule has 1 aliphatic rings. The standard InChI is InChI=1S/C9H10Cl2N2O.ClH.Cu/c10-7-3-6(5-13-2-1-12)9(14)8(11)4-7;;/h3-5,13H,1-2,12H2;1H;/q;;+1/p-1/b6-5-;;. The second-order valence-corrected chi connectivity index (χ2v) is 3.54. The van der Waals surface area contributed by atoms with E-state index in [4.69, 9.17) is 28.9 Å². The zero-order valence-electron chi connectivity index (χ0n) is 8.07. The molecule has 0 amide bonds. The molecule has 0 atom stereocenters. The van der Waals surface area contributed by atoms with Crippen LogP contribution in [0.2, 0.25) is 0 Å². The third-order valence-electron chi connectivity index (χ3n) is 1.58. The molecular formula is C9H10Cl3CuN2O. The van der Waals surface area contributed by atoms with Crippen molar-refractivity contribution in [2.75, 3.05) is 13.1 Å². The van der Waals surface area contributed by atoms with Crippen LogP contribution in [0.1, 0.15) is 0 Å². The Hall–Kier alpha value is 0.0395. The Balaban J connectivity index is 0.00000106. The molecule has 0 heterocycles. The predicted octanol–water partition coefficient (Wildman–Crippen LogP) is 1.93. The van der Waals surface area contributed by atoms with E-state index in [0.717, 1.165) is 0 Å². The summed E-state index contributed by atoms with van der Waals surface area (Å²) in [4.78, 5) is 11.4. The summed E-state index contributed by atoms with van der Waals surface area (Å²) in [6.45, 7) is 1.10. The van der Waals surface area contributed by atoms with Gasteiger partial charge >= 0.3 is 25.2 Å². The Morgan fingerprint density at radius 1 is 1.38 bits per heavy atom. The molecule has 0 aliphatic heterocycles. The molecule has 0 radical (unpaired) electrons. The fourth-order valence-electron chi connectivity index (χ4n) is 0.953. The van der Waals surface area contributed by atoms with Gasteiger partial charge in [-0.3, -0.25) is 4.79 Å². The quantitative estimate of drug-likeness (QED) is 0.472. The number of rotatable bonds is 3. The zero-order valence-corrected chi connectivity index (χ0v) is 11.3. The van der Waals surface area contributed by atoms with Crippen molar-refractivity contribution in [2.24, 2.45) is 5.73 Å². The molecular weight excluding hydrogens is 322 g/mol. The van der Waals surface area contributed by atoms with E-state index < -0.39 is 0 Å². The predicted molar refractivity (Wildman–Crippen MR) is 63.9 cm³/mol. The molecule has 1 aliphatic carbocycles. The fraction of sp³-hybridized carbons (Fsp3) is 0.222. The topological polar surface area (TPSA) is 55.1 Å². The second kappa shape index (κ2) is 9.11. The van der Waals surface area contributed by atoms with Crippen LogP contribution >= 0.6 is 33.3 Å². The monoisotopic (exact) mass is 330 g/mol. The van der Waals surface area contributed by atoms with Crippen LogP contribution < -0.4 is 11.1 Å². The molecule has 0 saturated carbocycles. The Bertz CT molecular complexity index is 340. The van der Waals surface area contributed by atoms with Gasteiger partial charge in [0, 0.05) is 29.9 Å². The molecule has 0 aromatic rings. The van der Waals surface area contributed by atoms with Gasteiger partial charge < -0.3 is 11.1 Å². The zero-order chi connectivity index (χ0) is 12.6. The van der Waals surface area contributed by atoms with Crippen molar-refractivity contribution in [2.45, 2.75) is 0 Å². The first-order valence-corrected chi connectivity index (χ1v) is 6.24. The van der Waals surface area contributed by atoms with Crippen LogP contribution in [0.15, 0.2) is 34.0 Å². The minimum absolute atomic E-state index is 0.123. The number of carbonyl (C=O) groups excluding carboxylic acids is 1. The first-order chi connectivity index (χ1) is 7.65. The maximum atomic E-state index is 11.4. The first kappa shape index (κ1) is 16.0. The van der Waals surface area contributed by atoms with Crippen molar-refractivity contribution in [3.05, 3.63) is 34.0 Å². The molecule has 0 bridgehead atoms. The summed E-state index contributed by atoms with van der Waals surface area (Å²) in [5, 5.41) is 3.44. The molecule has 3 nitrogen and oxygen atoms in total. The van der Waals surface area contributed by atoms with Gasteiger partial charge in [0.15, 0.2) is 0 Å². The van der Waals surface area contributed by atoms with Crippen molar-refractivity contribution >= 4 is 39.1 Å². The Labute approximate surface area is 117 Å². The van der Waals surface area contributed by atoms with E-state index in [1.807, 2.05) is 0 Å². The van der Waals surface area contributed by atoms with Crippen LogP contribution in [-0.4, -0.2) is 18.9 Å². The summed E-state index contributed by atoms with van der Waals surface area (Å²) in [7, 11) is 4.20. The van der Waals surface area contributed by atoms with Gasteiger partial charge in [-0.1, -0.05) is 23.2 Å². The van der Waals surface area contributed by atoms with E-state index in [1.54, 1.807) is 12.3 Å². The maximum absolute atomic E-state index is 11.4. The Morgan fingerprint density at radius 3 is 2.56 bits per heavy atom. The third kappa shape index (κ3) is 5.39. The minimum atomic E-state index is -0.236. The molecule has 0 spiro atoms. The van der Waals surface area contributed by atoms with E-state index in [1.165, 1.54) is 6.08 Å². The van der Waals surface area contributed by atoms with Gasteiger partial charge in [0.1, 0.15) is 0 Å². The van der Waals surface area contributed by atoms with Crippen LogP contribution in [0.5, 0.6) is 0 Å². The first-order valence-electron chi connectivity index (χ1n) is 4.19. The van der Waals surface area contributed by atoms with Crippen LogP contribution in [0, 0.1) is 0 Å². The number of hydrogen-bond donors (Lipinski definition) is 2. The molecule has 94 valence electrons. The van der Waals surface area contributed by atoms with Gasteiger partial charge in [0.05, 0.1) is 5.03 Å². The summed E-state index contributed by atoms with van der Waals surface area (Å²) >= 11 is 15.1. The van der Waals surface area contributed by atoms with E-state index in [9.17, 15) is 4.79 Å². The van der Waals surface area contributed by atoms with Crippen molar-refractivity contribution in [1.82, 2.24) is 5.32 Å². The molecule has 0 unspecified atom stereocenters. The van der Waals surface area contributed by atoms with E-state index in [2.05, 4.69) is 30.5 Å². The Morgan fingerprint density at radius 2 is 2.00 bits per heavy atom. The third-order valence-corrected chi connectivity index (χ3v) is 2.08. The van der Waals surface area contributed by atoms with Crippen LogP contribution in [0.3, 0.4) is 0 Å². The summed E-state index contributed by atoms with van der Waals surface area (Å²) in [6, 6.07) is 0. The van der Waals surface area contributed by atoms with Crippen LogP contribution in [0.25, 0.3) is 0 Å². The number of halogens is 3. The number of nitrogens with two attached hydrogens (primary N) is 1. The second-order valence-electron chi connectivity index (χ2n) is 2.69. The number of hydrogen-bond acceptors (Lipinski definition) is 3. The van der Waals surface area contributed by atoms with Crippen molar-refractivity contribution in [3.63, 3.8) is 0 Å². The molecule has 0 aromatic carbocycles. The SMILES string of the molecule is NCCN/C=C1/C=C(Cl)C=C(Cl)C1=O.[Cl][Cu]. The molecule has 16 heavy (non-hydrogen) atoms. The van der Waals surface area contributed by atoms with Gasteiger partial charge in [-0.05, 0) is 12.2 Å². The van der Waals surface area contributed by atoms with Gasteiger partial charge in [-0.2, -0.15) is 0 Å². The van der Waals surface area contributed by atoms with Gasteiger partial charge in [0.25, 0.3) is 0 Å². The van der Waals surface area contributed by atoms with Gasteiger partial charge in [0.2, 0.25) is 5.78 Å². The van der Waals surface area contributed by atoms with Gasteiger partial charge in [-0.25, -0.2) is 0 Å². The summed E-state index contributed by atoms with van der Waals surface area (Å²) in [5.41, 5.74) is 5.72. The summed E-state index contributed by atoms with van der Waals surface area (Å²) in [5.74, 6) is -0.236. The molecule has 0 aromatic heterocycles. The van der Waals surface area contributed by atoms with Crippen LogP contribution in [0.4, 0.5) is 0 Å². The van der Waals surface area contributed by atoms with Crippen LogP contribution in [-0.2, 0) is 19.9 Å². The Kier molecular flexibility index (Phi) is 9.13. The fourth-order valence-corrected chi connectivity index (χ4v) is 1.46. The average molecular weight is 332 g/mol. The molecule has 1 rings (SSSR count). The molecule has 0 saturated heterocycles. The number of nitrogens with one attached hydrogen (secondary N) is 1. The number of allylic oxidation sites excluding steroid dienone is 5. The van der Waals surface area contributed by atoms with E-state index >= 15 is 0 Å². The molecule has 3 N–H and O–H groups in total. The number of Topliss-reactive ketones (excluding diaryl/α,β-unsaturated/α-hetero) is 1. The van der Waals surface area contributed by atoms with E-state index in [-0.39, 0.29) is 10.8 Å². The van der Waals surface area contributed by atoms with Crippen molar-refractivity contribution in [1.29, 1.82) is 0 Å². The summed E-state index contributed by atoms with van der Waals surface area (Å²) in [6.07, 6.45) is 4.54. The molecule has 0 fully saturated rings. The number of carbonyl (C=O) groups is 1. The van der Waals surface area contributed by atoms with Crippen molar-refractivity contribution in [3.8, 4) is 0 Å². The summed E-state index contributed by atoms with van der Waals surface area (Å²) < 4.78 is 0. The van der Waals surface area contributed by atoms with E-state index in [0.29, 0.717) is 23.7 Å². The van der Waals surface area contributed by atoms with Gasteiger partial charge in [-0.15, -0.1) is 0 Å². The number of ketones is 1. The normalized spacial score (nSPS) is 17.4. The van der Waals surface area contributed by atoms with Crippen molar-refractivity contribution < 1.29 is 19.9 Å². The average Bonchev–Trinajstić information content (AvgIpc) is 2.28.